The Bertz CT molecular complexity index is 555. The predicted octanol–water partition coefficient (Wildman–Crippen LogP) is 3.33. The molecule has 1 aliphatic carbocycles. The van der Waals surface area contributed by atoms with Crippen molar-refractivity contribution >= 4 is 0 Å². The van der Waals surface area contributed by atoms with Crippen molar-refractivity contribution < 1.29 is 0 Å². The van der Waals surface area contributed by atoms with Crippen LogP contribution in [0.1, 0.15) is 44.7 Å². The number of nitrogens with one attached hydrogen (secondary N) is 1. The predicted molar refractivity (Wildman–Crippen MR) is 84.3 cm³/mol. The fourth-order valence-electron chi connectivity index (χ4n) is 3.30. The zero-order valence-corrected chi connectivity index (χ0v) is 12.8. The summed E-state index contributed by atoms with van der Waals surface area (Å²) in [6.45, 7) is 4.22. The SMILES string of the molecule is CCC1(CNCc2cnn(-c3ccccc3)n2)CCCC1. The summed E-state index contributed by atoms with van der Waals surface area (Å²) in [4.78, 5) is 1.70. The molecule has 0 amide bonds. The van der Waals surface area contributed by atoms with Gasteiger partial charge in [-0.1, -0.05) is 38.0 Å². The summed E-state index contributed by atoms with van der Waals surface area (Å²) in [6.07, 6.45) is 8.64. The topological polar surface area (TPSA) is 42.7 Å². The second-order valence-corrected chi connectivity index (χ2v) is 6.13. The molecule has 4 heteroatoms. The lowest BCUT2D eigenvalue weighted by Crippen LogP contribution is -2.31. The number of nitrogens with zero attached hydrogens (tertiary/aromatic N) is 3. The Labute approximate surface area is 126 Å². The number of aromatic nitrogens is 3. The molecule has 0 aliphatic heterocycles. The number of hydrogen-bond acceptors (Lipinski definition) is 3. The van der Waals surface area contributed by atoms with Crippen LogP contribution >= 0.6 is 0 Å². The van der Waals surface area contributed by atoms with E-state index in [0.29, 0.717) is 5.41 Å². The first kappa shape index (κ1) is 14.3. The number of benzene rings is 1. The van der Waals surface area contributed by atoms with E-state index >= 15 is 0 Å². The van der Waals surface area contributed by atoms with E-state index in [4.69, 9.17) is 0 Å². The van der Waals surface area contributed by atoms with Gasteiger partial charge in [0, 0.05) is 13.1 Å². The van der Waals surface area contributed by atoms with Crippen molar-refractivity contribution in [2.75, 3.05) is 6.54 Å². The number of rotatable bonds is 6. The van der Waals surface area contributed by atoms with Gasteiger partial charge in [0.2, 0.25) is 0 Å². The maximum Gasteiger partial charge on any atom is 0.0969 e. The van der Waals surface area contributed by atoms with Gasteiger partial charge in [-0.15, -0.1) is 0 Å². The van der Waals surface area contributed by atoms with Crippen molar-refractivity contribution in [3.8, 4) is 5.69 Å². The van der Waals surface area contributed by atoms with Crippen molar-refractivity contribution in [3.63, 3.8) is 0 Å². The smallest absolute Gasteiger partial charge is 0.0969 e. The van der Waals surface area contributed by atoms with E-state index in [9.17, 15) is 0 Å². The Morgan fingerprint density at radius 3 is 2.67 bits per heavy atom. The van der Waals surface area contributed by atoms with E-state index in [0.717, 1.165) is 24.5 Å². The van der Waals surface area contributed by atoms with Gasteiger partial charge < -0.3 is 5.32 Å². The zero-order chi connectivity index (χ0) is 14.5. The Kier molecular flexibility index (Phi) is 4.34. The highest BCUT2D eigenvalue weighted by molar-refractivity contribution is 5.28. The third-order valence-corrected chi connectivity index (χ3v) is 4.75. The van der Waals surface area contributed by atoms with Gasteiger partial charge in [0.25, 0.3) is 0 Å². The number of hydrogen-bond donors (Lipinski definition) is 1. The molecule has 0 unspecified atom stereocenters. The fraction of sp³-hybridized carbons (Fsp3) is 0.529. The average Bonchev–Trinajstić information content (AvgIpc) is 3.18. The summed E-state index contributed by atoms with van der Waals surface area (Å²) < 4.78 is 0. The molecule has 1 aromatic carbocycles. The maximum atomic E-state index is 4.54. The molecular formula is C17H24N4. The second-order valence-electron chi connectivity index (χ2n) is 6.13. The van der Waals surface area contributed by atoms with E-state index in [2.05, 4.69) is 22.4 Å². The third-order valence-electron chi connectivity index (χ3n) is 4.75. The lowest BCUT2D eigenvalue weighted by molar-refractivity contribution is 0.267. The first-order chi connectivity index (χ1) is 10.3. The number of para-hydroxylation sites is 1. The van der Waals surface area contributed by atoms with Gasteiger partial charge in [-0.3, -0.25) is 0 Å². The van der Waals surface area contributed by atoms with Gasteiger partial charge >= 0.3 is 0 Å². The first-order valence-corrected chi connectivity index (χ1v) is 7.99. The van der Waals surface area contributed by atoms with E-state index < -0.39 is 0 Å². The van der Waals surface area contributed by atoms with Crippen molar-refractivity contribution in [3.05, 3.63) is 42.2 Å². The Hall–Kier alpha value is -1.68. The molecule has 0 saturated heterocycles. The van der Waals surface area contributed by atoms with Crippen LogP contribution in [0.3, 0.4) is 0 Å². The summed E-state index contributed by atoms with van der Waals surface area (Å²) >= 11 is 0. The van der Waals surface area contributed by atoms with E-state index in [1.54, 1.807) is 4.80 Å². The molecule has 1 N–H and O–H groups in total. The molecule has 2 aromatic rings. The van der Waals surface area contributed by atoms with Gasteiger partial charge in [-0.2, -0.15) is 15.0 Å². The van der Waals surface area contributed by atoms with Gasteiger partial charge in [-0.25, -0.2) is 0 Å². The van der Waals surface area contributed by atoms with Crippen LogP contribution in [0, 0.1) is 5.41 Å². The minimum Gasteiger partial charge on any atom is -0.311 e. The monoisotopic (exact) mass is 284 g/mol. The second kappa shape index (κ2) is 6.39. The van der Waals surface area contributed by atoms with Crippen LogP contribution in [0.5, 0.6) is 0 Å². The van der Waals surface area contributed by atoms with Crippen molar-refractivity contribution in [1.29, 1.82) is 0 Å². The molecule has 1 saturated carbocycles. The van der Waals surface area contributed by atoms with Crippen LogP contribution in [-0.2, 0) is 6.54 Å². The van der Waals surface area contributed by atoms with Crippen LogP contribution in [0.2, 0.25) is 0 Å². The van der Waals surface area contributed by atoms with E-state index in [1.807, 2.05) is 36.5 Å². The fourth-order valence-corrected chi connectivity index (χ4v) is 3.30. The highest BCUT2D eigenvalue weighted by atomic mass is 15.5. The summed E-state index contributed by atoms with van der Waals surface area (Å²) in [6, 6.07) is 10.0. The summed E-state index contributed by atoms with van der Waals surface area (Å²) in [5.74, 6) is 0. The maximum absolute atomic E-state index is 4.54. The van der Waals surface area contributed by atoms with Crippen LogP contribution < -0.4 is 5.32 Å². The summed E-state index contributed by atoms with van der Waals surface area (Å²) in [7, 11) is 0. The molecule has 112 valence electrons. The molecule has 1 aromatic heterocycles. The van der Waals surface area contributed by atoms with E-state index in [1.165, 1.54) is 32.1 Å². The van der Waals surface area contributed by atoms with Crippen molar-refractivity contribution in [2.45, 2.75) is 45.6 Å². The van der Waals surface area contributed by atoms with Crippen LogP contribution in [0.4, 0.5) is 0 Å². The highest BCUT2D eigenvalue weighted by Crippen LogP contribution is 2.40. The lowest BCUT2D eigenvalue weighted by atomic mass is 9.83. The zero-order valence-electron chi connectivity index (χ0n) is 12.8. The minimum absolute atomic E-state index is 0.523. The first-order valence-electron chi connectivity index (χ1n) is 7.99. The van der Waals surface area contributed by atoms with Crippen LogP contribution in [0.15, 0.2) is 36.5 Å². The molecule has 3 rings (SSSR count). The molecule has 1 aliphatic rings. The Balaban J connectivity index is 1.56. The minimum atomic E-state index is 0.523. The van der Waals surface area contributed by atoms with E-state index in [-0.39, 0.29) is 0 Å². The largest absolute Gasteiger partial charge is 0.311 e. The molecule has 0 atom stereocenters. The molecular weight excluding hydrogens is 260 g/mol. The third kappa shape index (κ3) is 3.32. The quantitative estimate of drug-likeness (QED) is 0.885. The van der Waals surface area contributed by atoms with Gasteiger partial charge in [-0.05, 0) is 36.8 Å². The molecule has 21 heavy (non-hydrogen) atoms. The standard InChI is InChI=1S/C17H24N4/c1-2-17(10-6-7-11-17)14-18-12-15-13-19-21(20-15)16-8-4-3-5-9-16/h3-5,8-9,13,18H,2,6-7,10-12,14H2,1H3. The van der Waals surface area contributed by atoms with Crippen LogP contribution in [-0.4, -0.2) is 21.5 Å². The highest BCUT2D eigenvalue weighted by Gasteiger charge is 2.31. The molecule has 4 nitrogen and oxygen atoms in total. The van der Waals surface area contributed by atoms with Gasteiger partial charge in [0.15, 0.2) is 0 Å². The van der Waals surface area contributed by atoms with Gasteiger partial charge in [0.1, 0.15) is 0 Å². The Morgan fingerprint density at radius 2 is 1.95 bits per heavy atom. The van der Waals surface area contributed by atoms with Crippen molar-refractivity contribution in [2.24, 2.45) is 5.41 Å². The Morgan fingerprint density at radius 1 is 1.19 bits per heavy atom. The molecule has 1 fully saturated rings. The molecule has 1 heterocycles. The lowest BCUT2D eigenvalue weighted by Gasteiger charge is -2.27. The summed E-state index contributed by atoms with van der Waals surface area (Å²) in [5, 5.41) is 12.5. The molecule has 0 radical (unpaired) electrons. The van der Waals surface area contributed by atoms with Crippen LogP contribution in [0.25, 0.3) is 5.69 Å². The summed E-state index contributed by atoms with van der Waals surface area (Å²) in [5.41, 5.74) is 2.53. The normalized spacial score (nSPS) is 17.2. The van der Waals surface area contributed by atoms with Gasteiger partial charge in [0.05, 0.1) is 17.6 Å². The molecule has 0 bridgehead atoms. The molecule has 0 spiro atoms. The van der Waals surface area contributed by atoms with Crippen molar-refractivity contribution in [1.82, 2.24) is 20.3 Å². The average molecular weight is 284 g/mol.